The molecule has 9 nitrogen and oxygen atoms in total. The fourth-order valence-corrected chi connectivity index (χ4v) is 4.61. The van der Waals surface area contributed by atoms with Gasteiger partial charge in [-0.15, -0.1) is 10.2 Å². The number of rotatable bonds is 4. The van der Waals surface area contributed by atoms with Gasteiger partial charge in [0.15, 0.2) is 11.6 Å². The van der Waals surface area contributed by atoms with Crippen molar-refractivity contribution in [2.45, 2.75) is 71.4 Å². The minimum atomic E-state index is -0.108. The van der Waals surface area contributed by atoms with Crippen molar-refractivity contribution in [2.75, 3.05) is 11.9 Å². The van der Waals surface area contributed by atoms with E-state index in [0.717, 1.165) is 73.5 Å². The molecule has 1 aromatic carbocycles. The van der Waals surface area contributed by atoms with Crippen molar-refractivity contribution < 1.29 is 9.32 Å². The first-order chi connectivity index (χ1) is 15.6. The van der Waals surface area contributed by atoms with Crippen molar-refractivity contribution in [2.24, 2.45) is 0 Å². The van der Waals surface area contributed by atoms with Crippen LogP contribution in [0.2, 0.25) is 0 Å². The number of benzene rings is 1. The van der Waals surface area contributed by atoms with Gasteiger partial charge >= 0.3 is 6.03 Å². The highest BCUT2D eigenvalue weighted by Gasteiger charge is 2.33. The van der Waals surface area contributed by atoms with Crippen LogP contribution < -0.4 is 5.32 Å². The lowest BCUT2D eigenvalue weighted by Crippen LogP contribution is -2.42. The van der Waals surface area contributed by atoms with E-state index in [1.54, 1.807) is 0 Å². The molecule has 5 rings (SSSR count). The lowest BCUT2D eigenvalue weighted by Gasteiger charge is -2.35. The van der Waals surface area contributed by atoms with Crippen LogP contribution in [0.1, 0.15) is 68.1 Å². The molecular formula is C23H29N7O2. The van der Waals surface area contributed by atoms with E-state index >= 15 is 0 Å². The Morgan fingerprint density at radius 1 is 1.19 bits per heavy atom. The molecule has 2 aromatic heterocycles. The second-order valence-electron chi connectivity index (χ2n) is 8.62. The second kappa shape index (κ2) is 8.72. The molecule has 9 heteroatoms. The Hall–Kier alpha value is -3.23. The molecule has 2 amide bonds. The number of piperidine rings is 1. The van der Waals surface area contributed by atoms with Crippen molar-refractivity contribution in [3.8, 4) is 11.5 Å². The summed E-state index contributed by atoms with van der Waals surface area (Å²) < 4.78 is 7.60. The van der Waals surface area contributed by atoms with Gasteiger partial charge in [-0.2, -0.15) is 4.98 Å². The molecule has 1 N–H and O–H groups in total. The van der Waals surface area contributed by atoms with Crippen LogP contribution in [0.3, 0.4) is 0 Å². The number of carbonyl (C=O) groups excluding carboxylic acids is 1. The zero-order chi connectivity index (χ0) is 22.1. The van der Waals surface area contributed by atoms with Gasteiger partial charge in [0.1, 0.15) is 5.82 Å². The summed E-state index contributed by atoms with van der Waals surface area (Å²) in [5.74, 6) is 3.10. The molecule has 1 saturated heterocycles. The van der Waals surface area contributed by atoms with E-state index in [0.29, 0.717) is 24.7 Å². The summed E-state index contributed by atoms with van der Waals surface area (Å²) in [6.07, 6.45) is 6.95. The Balaban J connectivity index is 1.38. The summed E-state index contributed by atoms with van der Waals surface area (Å²) in [5, 5.41) is 16.0. The summed E-state index contributed by atoms with van der Waals surface area (Å²) in [6, 6.07) is 5.64. The van der Waals surface area contributed by atoms with Crippen LogP contribution in [-0.4, -0.2) is 42.4 Å². The first-order valence-electron chi connectivity index (χ1n) is 11.6. The average Bonchev–Trinajstić information content (AvgIpc) is 3.48. The van der Waals surface area contributed by atoms with Gasteiger partial charge in [0.25, 0.3) is 5.89 Å². The summed E-state index contributed by atoms with van der Waals surface area (Å²) in [4.78, 5) is 19.7. The normalized spacial score (nSPS) is 18.4. The summed E-state index contributed by atoms with van der Waals surface area (Å²) in [7, 11) is 0. The van der Waals surface area contributed by atoms with E-state index in [-0.39, 0.29) is 12.1 Å². The number of urea groups is 1. The maximum atomic E-state index is 13.4. The molecule has 4 heterocycles. The van der Waals surface area contributed by atoms with Gasteiger partial charge in [0, 0.05) is 37.2 Å². The summed E-state index contributed by atoms with van der Waals surface area (Å²) >= 11 is 0. The summed E-state index contributed by atoms with van der Waals surface area (Å²) in [6.45, 7) is 5.61. The number of anilines is 1. The highest BCUT2D eigenvalue weighted by molar-refractivity contribution is 5.91. The number of hydrogen-bond acceptors (Lipinski definition) is 6. The van der Waals surface area contributed by atoms with Crippen molar-refractivity contribution in [3.63, 3.8) is 0 Å². The Morgan fingerprint density at radius 3 is 2.91 bits per heavy atom. The van der Waals surface area contributed by atoms with Crippen molar-refractivity contribution in [1.29, 1.82) is 0 Å². The quantitative estimate of drug-likeness (QED) is 0.656. The maximum absolute atomic E-state index is 13.4. The van der Waals surface area contributed by atoms with Crippen molar-refractivity contribution in [3.05, 3.63) is 41.2 Å². The minimum Gasteiger partial charge on any atom is -0.334 e. The smallest absolute Gasteiger partial charge is 0.322 e. The SMILES string of the molecule is CCc1noc(-c2ccc(C)c(NC(=O)N3CCCCC3c3nnc4n3CCCC4)c2)n1. The standard InChI is InChI=1S/C23H29N7O2/c1-3-19-25-22(32-28-19)16-11-10-15(2)17(14-16)24-23(31)29-12-6-4-8-18(29)21-27-26-20-9-5-7-13-30(20)21/h10-11,14,18H,3-9,12-13H2,1-2H3,(H,24,31). The zero-order valence-corrected chi connectivity index (χ0v) is 18.7. The number of aryl methyl sites for hydroxylation is 3. The van der Waals surface area contributed by atoms with E-state index in [9.17, 15) is 4.79 Å². The molecule has 2 aliphatic rings. The fraction of sp³-hybridized carbons (Fsp3) is 0.522. The second-order valence-corrected chi connectivity index (χ2v) is 8.62. The molecular weight excluding hydrogens is 406 g/mol. The van der Waals surface area contributed by atoms with E-state index in [1.807, 2.05) is 36.9 Å². The molecule has 1 atom stereocenters. The third-order valence-corrected chi connectivity index (χ3v) is 6.46. The van der Waals surface area contributed by atoms with Gasteiger partial charge in [-0.05, 0) is 56.7 Å². The third kappa shape index (κ3) is 3.87. The largest absolute Gasteiger partial charge is 0.334 e. The highest BCUT2D eigenvalue weighted by atomic mass is 16.5. The number of nitrogens with one attached hydrogen (secondary N) is 1. The van der Waals surface area contributed by atoms with Crippen LogP contribution in [0.15, 0.2) is 22.7 Å². The molecule has 0 aliphatic carbocycles. The Bertz CT molecular complexity index is 1120. The lowest BCUT2D eigenvalue weighted by atomic mass is 10.0. The Morgan fingerprint density at radius 2 is 2.06 bits per heavy atom. The lowest BCUT2D eigenvalue weighted by molar-refractivity contribution is 0.156. The molecule has 0 spiro atoms. The van der Waals surface area contributed by atoms with Crippen LogP contribution in [0, 0.1) is 6.92 Å². The van der Waals surface area contributed by atoms with Gasteiger partial charge < -0.3 is 19.3 Å². The monoisotopic (exact) mass is 435 g/mol. The van der Waals surface area contributed by atoms with E-state index in [4.69, 9.17) is 4.52 Å². The van der Waals surface area contributed by atoms with Crippen LogP contribution in [0.25, 0.3) is 11.5 Å². The Labute approximate surface area is 187 Å². The molecule has 0 bridgehead atoms. The first kappa shape index (κ1) is 20.7. The number of nitrogens with zero attached hydrogens (tertiary/aromatic N) is 6. The number of hydrogen-bond donors (Lipinski definition) is 1. The van der Waals surface area contributed by atoms with Crippen LogP contribution in [0.4, 0.5) is 10.5 Å². The maximum Gasteiger partial charge on any atom is 0.322 e. The minimum absolute atomic E-state index is 0.0466. The number of likely N-dealkylation sites (tertiary alicyclic amines) is 1. The number of amides is 2. The van der Waals surface area contributed by atoms with E-state index in [2.05, 4.69) is 30.2 Å². The highest BCUT2D eigenvalue weighted by Crippen LogP contribution is 2.33. The van der Waals surface area contributed by atoms with Gasteiger partial charge in [0.2, 0.25) is 0 Å². The van der Waals surface area contributed by atoms with Crippen molar-refractivity contribution >= 4 is 11.7 Å². The van der Waals surface area contributed by atoms with Crippen LogP contribution in [0.5, 0.6) is 0 Å². The number of fused-ring (bicyclic) bond motifs is 1. The molecule has 32 heavy (non-hydrogen) atoms. The van der Waals surface area contributed by atoms with Gasteiger partial charge in [-0.3, -0.25) is 0 Å². The Kier molecular flexibility index (Phi) is 5.63. The molecule has 3 aromatic rings. The van der Waals surface area contributed by atoms with Crippen molar-refractivity contribution in [1.82, 2.24) is 29.8 Å². The third-order valence-electron chi connectivity index (χ3n) is 6.46. The predicted molar refractivity (Wildman–Crippen MR) is 119 cm³/mol. The molecule has 1 unspecified atom stereocenters. The average molecular weight is 436 g/mol. The molecule has 168 valence electrons. The van der Waals surface area contributed by atoms with Gasteiger partial charge in [0.05, 0.1) is 6.04 Å². The zero-order valence-electron chi connectivity index (χ0n) is 18.7. The number of aromatic nitrogens is 5. The molecule has 0 radical (unpaired) electrons. The van der Waals surface area contributed by atoms with Crippen LogP contribution in [-0.2, 0) is 19.4 Å². The predicted octanol–water partition coefficient (Wildman–Crippen LogP) is 4.29. The molecule has 1 fully saturated rings. The van der Waals surface area contributed by atoms with Gasteiger partial charge in [-0.1, -0.05) is 18.1 Å². The first-order valence-corrected chi connectivity index (χ1v) is 11.6. The fourth-order valence-electron chi connectivity index (χ4n) is 4.61. The summed E-state index contributed by atoms with van der Waals surface area (Å²) in [5.41, 5.74) is 2.52. The topological polar surface area (TPSA) is 102 Å². The number of carbonyl (C=O) groups is 1. The molecule has 0 saturated carbocycles. The van der Waals surface area contributed by atoms with E-state index in [1.165, 1.54) is 0 Å². The molecule has 2 aliphatic heterocycles. The van der Waals surface area contributed by atoms with E-state index < -0.39 is 0 Å². The van der Waals surface area contributed by atoms with Gasteiger partial charge in [-0.25, -0.2) is 4.79 Å². The van der Waals surface area contributed by atoms with Crippen LogP contribution >= 0.6 is 0 Å².